The van der Waals surface area contributed by atoms with Gasteiger partial charge in [0, 0.05) is 16.1 Å². The first-order valence-corrected chi connectivity index (χ1v) is 5.85. The predicted molar refractivity (Wildman–Crippen MR) is 66.4 cm³/mol. The molecule has 19 heavy (non-hydrogen) atoms. The van der Waals surface area contributed by atoms with E-state index in [9.17, 15) is 18.3 Å². The minimum Gasteiger partial charge on any atom is -0.381 e. The molecule has 1 N–H and O–H groups in total. The molecule has 1 atom stereocenters. The molecule has 0 aliphatic rings. The summed E-state index contributed by atoms with van der Waals surface area (Å²) in [6.07, 6.45) is 0. The molecule has 5 heteroatoms. The monoisotopic (exact) mass is 286 g/mol. The topological polar surface area (TPSA) is 20.2 Å². The Morgan fingerprint density at radius 1 is 0.947 bits per heavy atom. The van der Waals surface area contributed by atoms with Crippen LogP contribution >= 0.6 is 11.6 Å². The van der Waals surface area contributed by atoms with Gasteiger partial charge in [-0.05, 0) is 25.1 Å². The van der Waals surface area contributed by atoms with Gasteiger partial charge >= 0.3 is 0 Å². The number of rotatable bonds is 2. The van der Waals surface area contributed by atoms with Gasteiger partial charge in [-0.2, -0.15) is 0 Å². The molecular weight excluding hydrogens is 277 g/mol. The first-order chi connectivity index (χ1) is 8.85. The zero-order valence-electron chi connectivity index (χ0n) is 9.92. The average Bonchev–Trinajstić information content (AvgIpc) is 2.36. The molecule has 0 heterocycles. The van der Waals surface area contributed by atoms with Crippen molar-refractivity contribution >= 4 is 11.6 Å². The van der Waals surface area contributed by atoms with Crippen molar-refractivity contribution in [2.45, 2.75) is 12.5 Å². The number of benzene rings is 2. The molecule has 0 amide bonds. The van der Waals surface area contributed by atoms with Gasteiger partial charge < -0.3 is 5.11 Å². The molecule has 1 unspecified atom stereocenters. The van der Waals surface area contributed by atoms with E-state index in [-0.39, 0.29) is 16.1 Å². The van der Waals surface area contributed by atoms with E-state index in [0.29, 0.717) is 0 Å². The quantitative estimate of drug-likeness (QED) is 0.827. The van der Waals surface area contributed by atoms with E-state index < -0.39 is 23.1 Å². The molecule has 0 bridgehead atoms. The lowest BCUT2D eigenvalue weighted by Gasteiger charge is -2.26. The normalized spacial score (nSPS) is 14.2. The van der Waals surface area contributed by atoms with Crippen molar-refractivity contribution in [3.05, 3.63) is 70.0 Å². The van der Waals surface area contributed by atoms with Crippen LogP contribution in [0.1, 0.15) is 18.1 Å². The zero-order chi connectivity index (χ0) is 14.2. The first kappa shape index (κ1) is 13.9. The van der Waals surface area contributed by atoms with Crippen LogP contribution in [0.5, 0.6) is 0 Å². The second-order valence-corrected chi connectivity index (χ2v) is 4.68. The molecule has 100 valence electrons. The van der Waals surface area contributed by atoms with E-state index >= 15 is 0 Å². The molecule has 0 radical (unpaired) electrons. The molecule has 2 aromatic carbocycles. The van der Waals surface area contributed by atoms with Gasteiger partial charge in [0.15, 0.2) is 17.5 Å². The van der Waals surface area contributed by atoms with Crippen LogP contribution in [0.15, 0.2) is 36.4 Å². The van der Waals surface area contributed by atoms with Crippen LogP contribution in [0.4, 0.5) is 13.2 Å². The van der Waals surface area contributed by atoms with E-state index in [2.05, 4.69) is 0 Å². The molecular formula is C14H10ClF3O. The summed E-state index contributed by atoms with van der Waals surface area (Å²) in [4.78, 5) is 0. The summed E-state index contributed by atoms with van der Waals surface area (Å²) in [5.74, 6) is -4.36. The summed E-state index contributed by atoms with van der Waals surface area (Å²) in [7, 11) is 0. The van der Waals surface area contributed by atoms with Crippen LogP contribution in [0.25, 0.3) is 0 Å². The average molecular weight is 287 g/mol. The van der Waals surface area contributed by atoms with Crippen molar-refractivity contribution in [1.29, 1.82) is 0 Å². The van der Waals surface area contributed by atoms with Gasteiger partial charge in [0.25, 0.3) is 0 Å². The van der Waals surface area contributed by atoms with Crippen LogP contribution in [-0.4, -0.2) is 5.11 Å². The van der Waals surface area contributed by atoms with Gasteiger partial charge in [-0.1, -0.05) is 29.8 Å². The van der Waals surface area contributed by atoms with Crippen molar-refractivity contribution in [2.24, 2.45) is 0 Å². The van der Waals surface area contributed by atoms with Crippen molar-refractivity contribution in [2.75, 3.05) is 0 Å². The minimum atomic E-state index is -1.86. The fraction of sp³-hybridized carbons (Fsp3) is 0.143. The number of hydrogen-bond donors (Lipinski definition) is 1. The number of hydrogen-bond acceptors (Lipinski definition) is 1. The highest BCUT2D eigenvalue weighted by molar-refractivity contribution is 6.31. The summed E-state index contributed by atoms with van der Waals surface area (Å²) in [5.41, 5.74) is -2.03. The second kappa shape index (κ2) is 4.87. The van der Waals surface area contributed by atoms with Crippen LogP contribution in [0.2, 0.25) is 5.02 Å². The third-order valence-corrected chi connectivity index (χ3v) is 3.29. The summed E-state index contributed by atoms with van der Waals surface area (Å²) in [5, 5.41) is 10.6. The molecule has 1 nitrogen and oxygen atoms in total. The van der Waals surface area contributed by atoms with Crippen molar-refractivity contribution < 1.29 is 18.3 Å². The first-order valence-electron chi connectivity index (χ1n) is 5.47. The van der Waals surface area contributed by atoms with Crippen LogP contribution in [-0.2, 0) is 5.60 Å². The lowest BCUT2D eigenvalue weighted by Crippen LogP contribution is -2.25. The van der Waals surface area contributed by atoms with Gasteiger partial charge in [0.2, 0.25) is 0 Å². The Bertz CT molecular complexity index is 626. The van der Waals surface area contributed by atoms with Gasteiger partial charge in [-0.15, -0.1) is 0 Å². The number of aliphatic hydroxyl groups is 1. The molecule has 2 aromatic rings. The third kappa shape index (κ3) is 2.33. The Morgan fingerprint density at radius 3 is 2.21 bits per heavy atom. The number of halogens is 4. The second-order valence-electron chi connectivity index (χ2n) is 4.27. The molecule has 0 aliphatic heterocycles. The molecule has 0 spiro atoms. The Hall–Kier alpha value is -1.52. The summed E-state index contributed by atoms with van der Waals surface area (Å²) in [6.45, 7) is 1.27. The SMILES string of the molecule is CC(O)(c1ccccc1Cl)c1ccc(F)c(F)c1F. The van der Waals surface area contributed by atoms with E-state index in [1.54, 1.807) is 12.1 Å². The molecule has 0 fully saturated rings. The fourth-order valence-electron chi connectivity index (χ4n) is 1.90. The van der Waals surface area contributed by atoms with Crippen LogP contribution in [0, 0.1) is 17.5 Å². The summed E-state index contributed by atoms with van der Waals surface area (Å²) < 4.78 is 39.9. The Labute approximate surface area is 113 Å². The standard InChI is InChI=1S/C14H10ClF3O/c1-14(19,8-4-2-3-5-10(8)15)9-6-7-11(16)13(18)12(9)17/h2-7,19H,1H3. The maximum atomic E-state index is 13.8. The van der Waals surface area contributed by atoms with E-state index in [4.69, 9.17) is 11.6 Å². The van der Waals surface area contributed by atoms with Crippen molar-refractivity contribution in [3.63, 3.8) is 0 Å². The zero-order valence-corrected chi connectivity index (χ0v) is 10.7. The Balaban J connectivity index is 2.64. The van der Waals surface area contributed by atoms with Crippen LogP contribution < -0.4 is 0 Å². The van der Waals surface area contributed by atoms with Gasteiger partial charge in [0.05, 0.1) is 0 Å². The molecule has 2 rings (SSSR count). The lowest BCUT2D eigenvalue weighted by atomic mass is 9.87. The maximum Gasteiger partial charge on any atom is 0.194 e. The van der Waals surface area contributed by atoms with Gasteiger partial charge in [0.1, 0.15) is 5.60 Å². The minimum absolute atomic E-state index is 0.205. The fourth-order valence-corrected chi connectivity index (χ4v) is 2.22. The van der Waals surface area contributed by atoms with Gasteiger partial charge in [-0.3, -0.25) is 0 Å². The Kier molecular flexibility index (Phi) is 3.56. The maximum absolute atomic E-state index is 13.8. The lowest BCUT2D eigenvalue weighted by molar-refractivity contribution is 0.0968. The van der Waals surface area contributed by atoms with Crippen molar-refractivity contribution in [1.82, 2.24) is 0 Å². The molecule has 0 aliphatic carbocycles. The van der Waals surface area contributed by atoms with E-state index in [1.807, 2.05) is 0 Å². The Morgan fingerprint density at radius 2 is 1.58 bits per heavy atom. The summed E-state index contributed by atoms with van der Waals surface area (Å²) >= 11 is 5.93. The smallest absolute Gasteiger partial charge is 0.194 e. The van der Waals surface area contributed by atoms with Crippen LogP contribution in [0.3, 0.4) is 0 Å². The highest BCUT2D eigenvalue weighted by atomic mass is 35.5. The highest BCUT2D eigenvalue weighted by Crippen LogP contribution is 2.35. The van der Waals surface area contributed by atoms with E-state index in [1.165, 1.54) is 19.1 Å². The van der Waals surface area contributed by atoms with Gasteiger partial charge in [-0.25, -0.2) is 13.2 Å². The van der Waals surface area contributed by atoms with Crippen molar-refractivity contribution in [3.8, 4) is 0 Å². The molecule has 0 saturated carbocycles. The summed E-state index contributed by atoms with van der Waals surface area (Å²) in [6, 6.07) is 8.01. The van der Waals surface area contributed by atoms with E-state index in [0.717, 1.165) is 12.1 Å². The molecule has 0 aromatic heterocycles. The third-order valence-electron chi connectivity index (χ3n) is 2.96. The molecule has 0 saturated heterocycles. The highest BCUT2D eigenvalue weighted by Gasteiger charge is 2.32. The predicted octanol–water partition coefficient (Wildman–Crippen LogP) is 4.01. The largest absolute Gasteiger partial charge is 0.381 e.